The average Bonchev–Trinajstić information content (AvgIpc) is 3.51. The molecule has 0 spiro atoms. The third-order valence-electron chi connectivity index (χ3n) is 5.67. The molecule has 140 valence electrons. The zero-order valence-corrected chi connectivity index (χ0v) is 15.8. The average molecular weight is 377 g/mol. The van der Waals surface area contributed by atoms with Crippen molar-refractivity contribution in [2.75, 3.05) is 0 Å². The Labute approximate surface area is 168 Å². The summed E-state index contributed by atoms with van der Waals surface area (Å²) in [6, 6.07) is 18.7. The Morgan fingerprint density at radius 2 is 1.93 bits per heavy atom. The molecule has 1 aromatic carbocycles. The van der Waals surface area contributed by atoms with Gasteiger partial charge in [-0.2, -0.15) is 5.10 Å². The van der Waals surface area contributed by atoms with Crippen LogP contribution in [0.5, 0.6) is 0 Å². The van der Waals surface area contributed by atoms with E-state index in [1.54, 1.807) is 0 Å². The van der Waals surface area contributed by atoms with E-state index in [0.29, 0.717) is 0 Å². The van der Waals surface area contributed by atoms with Crippen LogP contribution in [0.25, 0.3) is 44.7 Å². The van der Waals surface area contributed by atoms with Gasteiger partial charge in [-0.1, -0.05) is 18.2 Å². The van der Waals surface area contributed by atoms with Crippen LogP contribution < -0.4 is 0 Å². The highest BCUT2D eigenvalue weighted by molar-refractivity contribution is 6.00. The summed E-state index contributed by atoms with van der Waals surface area (Å²) in [6.45, 7) is 0.967. The van der Waals surface area contributed by atoms with Crippen molar-refractivity contribution < 1.29 is 0 Å². The summed E-state index contributed by atoms with van der Waals surface area (Å²) in [7, 11) is 0. The van der Waals surface area contributed by atoms with Gasteiger partial charge in [0.1, 0.15) is 5.69 Å². The minimum atomic E-state index is 0.914. The van der Waals surface area contributed by atoms with Crippen LogP contribution in [0.1, 0.15) is 12.1 Å². The van der Waals surface area contributed by atoms with E-state index >= 15 is 0 Å². The Morgan fingerprint density at radius 1 is 0.931 bits per heavy atom. The molecule has 1 aliphatic rings. The fourth-order valence-electron chi connectivity index (χ4n) is 4.34. The number of nitrogens with zero attached hydrogens (tertiary/aromatic N) is 4. The number of aryl methyl sites for hydroxylation is 1. The third kappa shape index (κ3) is 2.58. The van der Waals surface area contributed by atoms with E-state index in [-0.39, 0.29) is 0 Å². The highest BCUT2D eigenvalue weighted by atomic mass is 15.3. The molecule has 0 amide bonds. The van der Waals surface area contributed by atoms with Crippen molar-refractivity contribution >= 4 is 10.9 Å². The number of hydrogen-bond acceptors (Lipinski definition) is 3. The SMILES string of the molecule is c1ccc(-c2nn3c(c2-c2ccnc4cc(-c5ccc[nH]5)ccc24)CCC3)nc1. The van der Waals surface area contributed by atoms with Crippen LogP contribution in [0.4, 0.5) is 0 Å². The van der Waals surface area contributed by atoms with E-state index in [0.717, 1.165) is 52.9 Å². The molecule has 4 aromatic heterocycles. The Balaban J connectivity index is 1.59. The number of aromatic nitrogens is 5. The number of hydrogen-bond donors (Lipinski definition) is 1. The zero-order chi connectivity index (χ0) is 19.2. The van der Waals surface area contributed by atoms with E-state index in [2.05, 4.69) is 50.0 Å². The fourth-order valence-corrected chi connectivity index (χ4v) is 4.34. The van der Waals surface area contributed by atoms with Crippen molar-refractivity contribution in [3.63, 3.8) is 0 Å². The van der Waals surface area contributed by atoms with Crippen LogP contribution in [-0.4, -0.2) is 24.7 Å². The Bertz CT molecular complexity index is 1320. The summed E-state index contributed by atoms with van der Waals surface area (Å²) < 4.78 is 2.15. The van der Waals surface area contributed by atoms with Gasteiger partial charge >= 0.3 is 0 Å². The molecule has 1 N–H and O–H groups in total. The van der Waals surface area contributed by atoms with Gasteiger partial charge in [-0.15, -0.1) is 0 Å². The van der Waals surface area contributed by atoms with Gasteiger partial charge in [0, 0.05) is 53.0 Å². The number of fused-ring (bicyclic) bond motifs is 2. The second kappa shape index (κ2) is 6.41. The van der Waals surface area contributed by atoms with E-state index in [4.69, 9.17) is 5.10 Å². The lowest BCUT2D eigenvalue weighted by atomic mass is 9.96. The second-order valence-corrected chi connectivity index (χ2v) is 7.39. The van der Waals surface area contributed by atoms with Crippen molar-refractivity contribution in [1.29, 1.82) is 0 Å². The maximum atomic E-state index is 4.93. The molecule has 0 aliphatic carbocycles. The van der Waals surface area contributed by atoms with Crippen molar-refractivity contribution in [2.45, 2.75) is 19.4 Å². The van der Waals surface area contributed by atoms with E-state index in [1.807, 2.05) is 42.9 Å². The number of benzene rings is 1. The largest absolute Gasteiger partial charge is 0.361 e. The summed E-state index contributed by atoms with van der Waals surface area (Å²) in [4.78, 5) is 12.5. The first-order valence-corrected chi connectivity index (χ1v) is 9.92. The maximum Gasteiger partial charge on any atom is 0.119 e. The normalized spacial score (nSPS) is 13.1. The molecule has 29 heavy (non-hydrogen) atoms. The number of rotatable bonds is 3. The molecular weight excluding hydrogens is 358 g/mol. The molecule has 0 radical (unpaired) electrons. The molecule has 0 bridgehead atoms. The molecule has 6 rings (SSSR count). The van der Waals surface area contributed by atoms with Gasteiger partial charge in [0.05, 0.1) is 11.2 Å². The van der Waals surface area contributed by atoms with Crippen molar-refractivity contribution in [2.24, 2.45) is 0 Å². The second-order valence-electron chi connectivity index (χ2n) is 7.39. The van der Waals surface area contributed by atoms with E-state index < -0.39 is 0 Å². The molecule has 5 nitrogen and oxygen atoms in total. The van der Waals surface area contributed by atoms with Crippen LogP contribution in [0.2, 0.25) is 0 Å². The molecule has 0 fully saturated rings. The Morgan fingerprint density at radius 3 is 2.79 bits per heavy atom. The lowest BCUT2D eigenvalue weighted by Gasteiger charge is -2.10. The molecule has 5 heterocycles. The predicted molar refractivity (Wildman–Crippen MR) is 114 cm³/mol. The van der Waals surface area contributed by atoms with Crippen LogP contribution in [0.3, 0.4) is 0 Å². The number of pyridine rings is 2. The number of nitrogens with one attached hydrogen (secondary N) is 1. The summed E-state index contributed by atoms with van der Waals surface area (Å²) in [6.07, 6.45) is 7.85. The quantitative estimate of drug-likeness (QED) is 0.476. The van der Waals surface area contributed by atoms with Crippen LogP contribution >= 0.6 is 0 Å². The highest BCUT2D eigenvalue weighted by Crippen LogP contribution is 2.40. The fraction of sp³-hybridized carbons (Fsp3) is 0.125. The van der Waals surface area contributed by atoms with Gasteiger partial charge in [0.15, 0.2) is 0 Å². The number of aromatic amines is 1. The van der Waals surface area contributed by atoms with Gasteiger partial charge in [-0.05, 0) is 54.8 Å². The standard InChI is InChI=1S/C24H19N5/c1-2-11-26-20(5-1)24-23(22-7-4-14-29(22)28-24)18-10-13-27-21-15-16(8-9-17(18)21)19-6-3-12-25-19/h1-3,5-6,8-13,15,25H,4,7,14H2. The van der Waals surface area contributed by atoms with E-state index in [1.165, 1.54) is 16.8 Å². The Hall–Kier alpha value is -3.73. The van der Waals surface area contributed by atoms with Crippen molar-refractivity contribution in [3.05, 3.63) is 78.9 Å². The lowest BCUT2D eigenvalue weighted by molar-refractivity contribution is 0.658. The highest BCUT2D eigenvalue weighted by Gasteiger charge is 2.25. The van der Waals surface area contributed by atoms with Gasteiger partial charge in [-0.3, -0.25) is 14.6 Å². The van der Waals surface area contributed by atoms with Gasteiger partial charge in [-0.25, -0.2) is 0 Å². The smallest absolute Gasteiger partial charge is 0.119 e. The maximum absolute atomic E-state index is 4.93. The van der Waals surface area contributed by atoms with Gasteiger partial charge in [0.25, 0.3) is 0 Å². The summed E-state index contributed by atoms with van der Waals surface area (Å²) in [5.41, 5.74) is 8.76. The third-order valence-corrected chi connectivity index (χ3v) is 5.67. The summed E-state index contributed by atoms with van der Waals surface area (Å²) >= 11 is 0. The summed E-state index contributed by atoms with van der Waals surface area (Å²) in [5.74, 6) is 0. The van der Waals surface area contributed by atoms with Crippen LogP contribution in [0, 0.1) is 0 Å². The topological polar surface area (TPSA) is 59.4 Å². The van der Waals surface area contributed by atoms with Gasteiger partial charge < -0.3 is 4.98 Å². The zero-order valence-electron chi connectivity index (χ0n) is 15.8. The number of H-pyrrole nitrogens is 1. The van der Waals surface area contributed by atoms with Crippen LogP contribution in [0.15, 0.2) is 73.2 Å². The molecule has 0 unspecified atom stereocenters. The van der Waals surface area contributed by atoms with Crippen molar-refractivity contribution in [3.8, 4) is 33.8 Å². The molecule has 5 heteroatoms. The molecule has 5 aromatic rings. The molecule has 0 saturated carbocycles. The minimum Gasteiger partial charge on any atom is -0.361 e. The minimum absolute atomic E-state index is 0.914. The first-order valence-electron chi connectivity index (χ1n) is 9.92. The van der Waals surface area contributed by atoms with Crippen molar-refractivity contribution in [1.82, 2.24) is 24.7 Å². The first kappa shape index (κ1) is 16.2. The molecule has 0 saturated heterocycles. The lowest BCUT2D eigenvalue weighted by Crippen LogP contribution is -1.94. The Kier molecular flexibility index (Phi) is 3.59. The molecular formula is C24H19N5. The van der Waals surface area contributed by atoms with Gasteiger partial charge in [0.2, 0.25) is 0 Å². The monoisotopic (exact) mass is 377 g/mol. The first-order chi connectivity index (χ1) is 14.4. The molecule has 1 aliphatic heterocycles. The molecule has 0 atom stereocenters. The summed E-state index contributed by atoms with van der Waals surface area (Å²) in [5, 5.41) is 6.07. The van der Waals surface area contributed by atoms with E-state index in [9.17, 15) is 0 Å². The van der Waals surface area contributed by atoms with Crippen LogP contribution in [-0.2, 0) is 13.0 Å². The predicted octanol–water partition coefficient (Wildman–Crippen LogP) is 5.10.